The molecule has 0 aliphatic rings. The van der Waals surface area contributed by atoms with E-state index in [0.29, 0.717) is 12.3 Å². The number of carbonyl (C=O) groups is 1. The number of hydrogen-bond donors (Lipinski definition) is 0. The van der Waals surface area contributed by atoms with E-state index in [4.69, 9.17) is 0 Å². The van der Waals surface area contributed by atoms with Crippen LogP contribution in [-0.4, -0.2) is 5.97 Å². The summed E-state index contributed by atoms with van der Waals surface area (Å²) >= 11 is 0. The largest absolute Gasteiger partial charge is 1.00 e. The summed E-state index contributed by atoms with van der Waals surface area (Å²) in [6, 6.07) is 7.77. The fourth-order valence-electron chi connectivity index (χ4n) is 2.01. The summed E-state index contributed by atoms with van der Waals surface area (Å²) in [4.78, 5) is 11.1. The minimum atomic E-state index is -0.973. The predicted octanol–water partition coefficient (Wildman–Crippen LogP) is -0.867. The Balaban J connectivity index is 0.00000256. The van der Waals surface area contributed by atoms with E-state index < -0.39 is 11.9 Å². The Bertz CT molecular complexity index is 361. The smallest absolute Gasteiger partial charge is 0.549 e. The van der Waals surface area contributed by atoms with Gasteiger partial charge in [-0.2, -0.15) is 0 Å². The third-order valence-electron chi connectivity index (χ3n) is 2.75. The van der Waals surface area contributed by atoms with Crippen LogP contribution in [0.1, 0.15) is 44.2 Å². The van der Waals surface area contributed by atoms with Crippen molar-refractivity contribution in [1.29, 1.82) is 0 Å². The first-order chi connectivity index (χ1) is 7.56. The van der Waals surface area contributed by atoms with Gasteiger partial charge in [-0.05, 0) is 29.9 Å². The molecule has 0 fully saturated rings. The van der Waals surface area contributed by atoms with E-state index in [2.05, 4.69) is 13.8 Å². The molecule has 1 unspecified atom stereocenters. The second-order valence-electron chi connectivity index (χ2n) is 4.58. The van der Waals surface area contributed by atoms with Crippen LogP contribution in [0.25, 0.3) is 0 Å². The van der Waals surface area contributed by atoms with Gasteiger partial charge in [0.2, 0.25) is 0 Å². The van der Waals surface area contributed by atoms with Crippen molar-refractivity contribution in [3.63, 3.8) is 0 Å². The zero-order valence-corrected chi connectivity index (χ0v) is 13.2. The maximum absolute atomic E-state index is 11.1. The quantitative estimate of drug-likeness (QED) is 0.630. The molecule has 0 radical (unpaired) electrons. The van der Waals surface area contributed by atoms with Crippen LogP contribution in [0.2, 0.25) is 0 Å². The second-order valence-corrected chi connectivity index (χ2v) is 4.58. The fraction of sp³-hybridized carbons (Fsp3) is 0.500. The van der Waals surface area contributed by atoms with Crippen molar-refractivity contribution in [3.8, 4) is 0 Å². The number of rotatable bonds is 5. The van der Waals surface area contributed by atoms with E-state index in [-0.39, 0.29) is 29.6 Å². The molecule has 0 N–H and O–H groups in total. The van der Waals surface area contributed by atoms with E-state index in [1.807, 2.05) is 31.2 Å². The molecule has 0 bridgehead atoms. The van der Waals surface area contributed by atoms with Gasteiger partial charge in [0.25, 0.3) is 0 Å². The van der Waals surface area contributed by atoms with Crippen molar-refractivity contribution in [1.82, 2.24) is 0 Å². The Morgan fingerprint density at radius 3 is 2.35 bits per heavy atom. The minimum absolute atomic E-state index is 0. The van der Waals surface area contributed by atoms with E-state index in [9.17, 15) is 9.90 Å². The molecule has 0 heterocycles. The van der Waals surface area contributed by atoms with Crippen molar-refractivity contribution in [3.05, 3.63) is 35.4 Å². The van der Waals surface area contributed by atoms with E-state index >= 15 is 0 Å². The third kappa shape index (κ3) is 4.82. The van der Waals surface area contributed by atoms with E-state index in [0.717, 1.165) is 17.5 Å². The Morgan fingerprint density at radius 1 is 1.29 bits per heavy atom. The zero-order valence-electron chi connectivity index (χ0n) is 11.2. The third-order valence-corrected chi connectivity index (χ3v) is 2.75. The summed E-state index contributed by atoms with van der Waals surface area (Å²) in [6.45, 7) is 6.15. The van der Waals surface area contributed by atoms with Gasteiger partial charge in [-0.15, -0.1) is 0 Å². The van der Waals surface area contributed by atoms with Crippen molar-refractivity contribution in [2.75, 3.05) is 0 Å². The molecular weight excluding hydrogens is 223 g/mol. The average Bonchev–Trinajstić information content (AvgIpc) is 2.20. The molecule has 17 heavy (non-hydrogen) atoms. The van der Waals surface area contributed by atoms with Gasteiger partial charge >= 0.3 is 29.6 Å². The molecule has 0 saturated heterocycles. The van der Waals surface area contributed by atoms with Crippen LogP contribution in [0.4, 0.5) is 0 Å². The average molecular weight is 242 g/mol. The van der Waals surface area contributed by atoms with Gasteiger partial charge in [0.05, 0.1) is 0 Å². The molecule has 0 amide bonds. The number of hydrogen-bond acceptors (Lipinski definition) is 2. The molecule has 0 spiro atoms. The van der Waals surface area contributed by atoms with E-state index in [1.54, 1.807) is 0 Å². The molecule has 0 aliphatic heterocycles. The summed E-state index contributed by atoms with van der Waals surface area (Å²) < 4.78 is 0. The molecule has 1 rings (SSSR count). The minimum Gasteiger partial charge on any atom is -0.549 e. The fourth-order valence-corrected chi connectivity index (χ4v) is 2.01. The number of carbonyl (C=O) groups excluding carboxylic acids is 1. The molecule has 1 aromatic carbocycles. The standard InChI is InChI=1S/C14H20O2.Na/c1-4-12(14(15)16)13-8-6-5-7-11(13)9-10(2)3;/h5-8,10,12H,4,9H2,1-3H3,(H,15,16);/q;+1/p-1. The van der Waals surface area contributed by atoms with Crippen LogP contribution < -0.4 is 34.7 Å². The van der Waals surface area contributed by atoms with Crippen molar-refractivity contribution >= 4 is 5.97 Å². The van der Waals surface area contributed by atoms with Gasteiger partial charge in [-0.25, -0.2) is 0 Å². The molecule has 0 aliphatic carbocycles. The summed E-state index contributed by atoms with van der Waals surface area (Å²) in [7, 11) is 0. The van der Waals surface area contributed by atoms with Gasteiger partial charge in [0, 0.05) is 11.9 Å². The molecule has 1 aromatic rings. The molecule has 2 nitrogen and oxygen atoms in total. The number of benzene rings is 1. The van der Waals surface area contributed by atoms with E-state index in [1.165, 1.54) is 0 Å². The van der Waals surface area contributed by atoms with Crippen LogP contribution in [0, 0.1) is 5.92 Å². The number of carboxylic acids is 1. The maximum Gasteiger partial charge on any atom is 1.00 e. The first-order valence-corrected chi connectivity index (χ1v) is 5.84. The maximum atomic E-state index is 11.1. The first-order valence-electron chi connectivity index (χ1n) is 5.84. The van der Waals surface area contributed by atoms with Crippen molar-refractivity contribution < 1.29 is 39.5 Å². The van der Waals surface area contributed by atoms with Crippen LogP contribution >= 0.6 is 0 Å². The topological polar surface area (TPSA) is 40.1 Å². The Hall–Kier alpha value is -0.310. The summed E-state index contributed by atoms with van der Waals surface area (Å²) in [5.74, 6) is -0.922. The van der Waals surface area contributed by atoms with Crippen molar-refractivity contribution in [2.24, 2.45) is 5.92 Å². The van der Waals surface area contributed by atoms with Gasteiger partial charge in [0.15, 0.2) is 0 Å². The van der Waals surface area contributed by atoms with Crippen LogP contribution in [0.3, 0.4) is 0 Å². The normalized spacial score (nSPS) is 12.0. The SMILES string of the molecule is CCC(C(=O)[O-])c1ccccc1CC(C)C.[Na+]. The molecule has 88 valence electrons. The predicted molar refractivity (Wildman–Crippen MR) is 63.0 cm³/mol. The Labute approximate surface area is 126 Å². The summed E-state index contributed by atoms with van der Waals surface area (Å²) in [5, 5.41) is 11.1. The van der Waals surface area contributed by atoms with Crippen molar-refractivity contribution in [2.45, 2.75) is 39.5 Å². The molecule has 0 saturated carbocycles. The van der Waals surface area contributed by atoms with Crippen LogP contribution in [0.5, 0.6) is 0 Å². The first kappa shape index (κ1) is 16.7. The van der Waals surface area contributed by atoms with Gasteiger partial charge in [0.1, 0.15) is 0 Å². The second kappa shape index (κ2) is 7.91. The van der Waals surface area contributed by atoms with Gasteiger partial charge < -0.3 is 9.90 Å². The van der Waals surface area contributed by atoms with Crippen LogP contribution in [0.15, 0.2) is 24.3 Å². The van der Waals surface area contributed by atoms with Gasteiger partial charge in [-0.3, -0.25) is 0 Å². The zero-order chi connectivity index (χ0) is 12.1. The Kier molecular flexibility index (Phi) is 7.77. The molecule has 1 atom stereocenters. The monoisotopic (exact) mass is 242 g/mol. The van der Waals surface area contributed by atoms with Gasteiger partial charge in [-0.1, -0.05) is 45.0 Å². The number of carboxylic acid groups (broad SMARTS) is 1. The number of aliphatic carboxylic acids is 1. The summed E-state index contributed by atoms with van der Waals surface area (Å²) in [5.41, 5.74) is 2.05. The molecule has 3 heteroatoms. The molecule has 0 aromatic heterocycles. The summed E-state index contributed by atoms with van der Waals surface area (Å²) in [6.07, 6.45) is 1.50. The van der Waals surface area contributed by atoms with Crippen LogP contribution in [-0.2, 0) is 11.2 Å². The molecular formula is C14H19NaO2. The Morgan fingerprint density at radius 2 is 1.88 bits per heavy atom.